The fourth-order valence-electron chi connectivity index (χ4n) is 2.84. The van der Waals surface area contributed by atoms with Crippen LogP contribution in [-0.4, -0.2) is 69.6 Å². The first-order valence-corrected chi connectivity index (χ1v) is 10.0. The average Bonchev–Trinajstić information content (AvgIpc) is 2.56. The molecule has 0 aromatic heterocycles. The lowest BCUT2D eigenvalue weighted by atomic mass is 10.2. The predicted molar refractivity (Wildman–Crippen MR) is 91.9 cm³/mol. The molecule has 1 amide bonds. The van der Waals surface area contributed by atoms with Crippen LogP contribution in [0.1, 0.15) is 13.3 Å². The molecule has 140 valence electrons. The standard InChI is InChI=1S/C16H23F2N3O3S/c1-3-19-9-11-20(12-10-19)15(22)7-8-21(25(2,23)24)16-13(17)5-4-6-14(16)18/h4-6H,3,7-12H2,1-2H3. The molecule has 0 unspecified atom stereocenters. The molecule has 1 aromatic rings. The Morgan fingerprint density at radius 2 is 1.72 bits per heavy atom. The number of rotatable bonds is 6. The summed E-state index contributed by atoms with van der Waals surface area (Å²) in [6.45, 7) is 5.32. The fraction of sp³-hybridized carbons (Fsp3) is 0.562. The summed E-state index contributed by atoms with van der Waals surface area (Å²) in [4.78, 5) is 16.2. The second kappa shape index (κ2) is 8.09. The van der Waals surface area contributed by atoms with Crippen molar-refractivity contribution in [2.45, 2.75) is 13.3 Å². The number of sulfonamides is 1. The lowest BCUT2D eigenvalue weighted by Gasteiger charge is -2.34. The van der Waals surface area contributed by atoms with Gasteiger partial charge in [-0.3, -0.25) is 9.10 Å². The van der Waals surface area contributed by atoms with Gasteiger partial charge >= 0.3 is 0 Å². The molecule has 25 heavy (non-hydrogen) atoms. The molecule has 1 heterocycles. The maximum absolute atomic E-state index is 13.9. The number of nitrogens with zero attached hydrogens (tertiary/aromatic N) is 3. The number of benzene rings is 1. The van der Waals surface area contributed by atoms with Crippen LogP contribution < -0.4 is 4.31 Å². The molecule has 0 aliphatic carbocycles. The molecule has 1 saturated heterocycles. The number of para-hydroxylation sites is 1. The molecule has 9 heteroatoms. The van der Waals surface area contributed by atoms with Crippen LogP contribution in [0.3, 0.4) is 0 Å². The van der Waals surface area contributed by atoms with Gasteiger partial charge in [0.1, 0.15) is 5.69 Å². The zero-order valence-electron chi connectivity index (χ0n) is 14.4. The predicted octanol–water partition coefficient (Wildman–Crippen LogP) is 1.28. The number of halogens is 2. The van der Waals surface area contributed by atoms with Crippen molar-refractivity contribution in [3.05, 3.63) is 29.8 Å². The van der Waals surface area contributed by atoms with Crippen molar-refractivity contribution in [2.75, 3.05) is 49.8 Å². The number of hydrogen-bond donors (Lipinski definition) is 0. The summed E-state index contributed by atoms with van der Waals surface area (Å²) in [6, 6.07) is 3.14. The Balaban J connectivity index is 2.08. The third-order valence-corrected chi connectivity index (χ3v) is 5.45. The minimum Gasteiger partial charge on any atom is -0.340 e. The van der Waals surface area contributed by atoms with E-state index in [1.165, 1.54) is 0 Å². The highest BCUT2D eigenvalue weighted by Crippen LogP contribution is 2.25. The molecule has 2 rings (SSSR count). The maximum atomic E-state index is 13.9. The highest BCUT2D eigenvalue weighted by molar-refractivity contribution is 7.92. The van der Waals surface area contributed by atoms with Crippen LogP contribution in [0, 0.1) is 11.6 Å². The lowest BCUT2D eigenvalue weighted by Crippen LogP contribution is -2.49. The second-order valence-electron chi connectivity index (χ2n) is 5.97. The minimum absolute atomic E-state index is 0.132. The van der Waals surface area contributed by atoms with Gasteiger partial charge in [-0.25, -0.2) is 17.2 Å². The highest BCUT2D eigenvalue weighted by Gasteiger charge is 2.27. The summed E-state index contributed by atoms with van der Waals surface area (Å²) < 4.78 is 52.4. The molecule has 1 aromatic carbocycles. The molecule has 0 atom stereocenters. The molecule has 1 aliphatic rings. The van der Waals surface area contributed by atoms with E-state index in [1.807, 2.05) is 6.92 Å². The minimum atomic E-state index is -3.93. The molecular weight excluding hydrogens is 352 g/mol. The topological polar surface area (TPSA) is 60.9 Å². The van der Waals surface area contributed by atoms with Gasteiger partial charge in [-0.2, -0.15) is 0 Å². The summed E-state index contributed by atoms with van der Waals surface area (Å²) in [6.07, 6.45) is 0.732. The molecule has 0 radical (unpaired) electrons. The Labute approximate surface area is 147 Å². The van der Waals surface area contributed by atoms with Gasteiger partial charge in [0.2, 0.25) is 15.9 Å². The summed E-state index contributed by atoms with van der Waals surface area (Å²) in [7, 11) is -3.93. The normalized spacial score (nSPS) is 16.1. The van der Waals surface area contributed by atoms with Gasteiger partial charge in [-0.05, 0) is 18.7 Å². The smallest absolute Gasteiger partial charge is 0.232 e. The van der Waals surface area contributed by atoms with E-state index in [4.69, 9.17) is 0 Å². The van der Waals surface area contributed by atoms with Crippen LogP contribution in [0.25, 0.3) is 0 Å². The maximum Gasteiger partial charge on any atom is 0.232 e. The zero-order chi connectivity index (χ0) is 18.6. The number of anilines is 1. The van der Waals surface area contributed by atoms with Crippen molar-refractivity contribution >= 4 is 21.6 Å². The van der Waals surface area contributed by atoms with Crippen LogP contribution in [0.15, 0.2) is 18.2 Å². The Bertz CT molecular complexity index is 699. The first kappa shape index (κ1) is 19.6. The van der Waals surface area contributed by atoms with Crippen LogP contribution in [0.4, 0.5) is 14.5 Å². The second-order valence-corrected chi connectivity index (χ2v) is 7.88. The van der Waals surface area contributed by atoms with Crippen LogP contribution >= 0.6 is 0 Å². The van der Waals surface area contributed by atoms with E-state index in [2.05, 4.69) is 4.90 Å². The molecule has 1 fully saturated rings. The number of carbonyl (C=O) groups is 1. The van der Waals surface area contributed by atoms with Gasteiger partial charge in [0.15, 0.2) is 11.6 Å². The lowest BCUT2D eigenvalue weighted by molar-refractivity contribution is -0.132. The largest absolute Gasteiger partial charge is 0.340 e. The van der Waals surface area contributed by atoms with Crippen molar-refractivity contribution in [3.63, 3.8) is 0 Å². The summed E-state index contributed by atoms with van der Waals surface area (Å²) in [5.74, 6) is -2.18. The van der Waals surface area contributed by atoms with Crippen molar-refractivity contribution in [1.29, 1.82) is 0 Å². The quantitative estimate of drug-likeness (QED) is 0.752. The van der Waals surface area contributed by atoms with Gasteiger partial charge in [-0.15, -0.1) is 0 Å². The van der Waals surface area contributed by atoms with E-state index in [1.54, 1.807) is 4.90 Å². The summed E-state index contributed by atoms with van der Waals surface area (Å²) >= 11 is 0. The molecular formula is C16H23F2N3O3S. The van der Waals surface area contributed by atoms with Gasteiger partial charge in [0.05, 0.1) is 6.26 Å². The van der Waals surface area contributed by atoms with Gasteiger partial charge in [0.25, 0.3) is 0 Å². The van der Waals surface area contributed by atoms with Crippen molar-refractivity contribution < 1.29 is 22.0 Å². The summed E-state index contributed by atoms with van der Waals surface area (Å²) in [5, 5.41) is 0. The Morgan fingerprint density at radius 3 is 2.20 bits per heavy atom. The van der Waals surface area contributed by atoms with Gasteiger partial charge in [0, 0.05) is 39.1 Å². The Morgan fingerprint density at radius 1 is 1.16 bits per heavy atom. The highest BCUT2D eigenvalue weighted by atomic mass is 32.2. The molecule has 0 bridgehead atoms. The monoisotopic (exact) mass is 375 g/mol. The third-order valence-electron chi connectivity index (χ3n) is 4.29. The van der Waals surface area contributed by atoms with E-state index in [0.717, 1.165) is 44.1 Å². The Hall–Kier alpha value is -1.74. The zero-order valence-corrected chi connectivity index (χ0v) is 15.2. The van der Waals surface area contributed by atoms with Crippen LogP contribution in [-0.2, 0) is 14.8 Å². The summed E-state index contributed by atoms with van der Waals surface area (Å²) in [5.41, 5.74) is -0.645. The van der Waals surface area contributed by atoms with E-state index in [0.29, 0.717) is 17.4 Å². The number of hydrogen-bond acceptors (Lipinski definition) is 4. The van der Waals surface area contributed by atoms with E-state index >= 15 is 0 Å². The number of piperazine rings is 1. The molecule has 6 nitrogen and oxygen atoms in total. The SMILES string of the molecule is CCN1CCN(C(=O)CCN(c2c(F)cccc2F)S(C)(=O)=O)CC1. The van der Waals surface area contributed by atoms with Crippen molar-refractivity contribution in [3.8, 4) is 0 Å². The third kappa shape index (κ3) is 4.88. The first-order chi connectivity index (χ1) is 11.7. The molecule has 1 aliphatic heterocycles. The van der Waals surface area contributed by atoms with Crippen LogP contribution in [0.2, 0.25) is 0 Å². The van der Waals surface area contributed by atoms with Crippen molar-refractivity contribution in [1.82, 2.24) is 9.80 Å². The fourth-order valence-corrected chi connectivity index (χ4v) is 3.77. The Kier molecular flexibility index (Phi) is 6.34. The van der Waals surface area contributed by atoms with Crippen molar-refractivity contribution in [2.24, 2.45) is 0 Å². The number of amides is 1. The average molecular weight is 375 g/mol. The molecule has 0 spiro atoms. The van der Waals surface area contributed by atoms with E-state index in [-0.39, 0.29) is 18.9 Å². The first-order valence-electron chi connectivity index (χ1n) is 8.16. The van der Waals surface area contributed by atoms with E-state index in [9.17, 15) is 22.0 Å². The van der Waals surface area contributed by atoms with Crippen LogP contribution in [0.5, 0.6) is 0 Å². The molecule has 0 saturated carbocycles. The number of carbonyl (C=O) groups excluding carboxylic acids is 1. The van der Waals surface area contributed by atoms with Gasteiger partial charge < -0.3 is 9.80 Å². The number of likely N-dealkylation sites (N-methyl/N-ethyl adjacent to an activating group) is 1. The van der Waals surface area contributed by atoms with E-state index < -0.39 is 27.3 Å². The molecule has 0 N–H and O–H groups in total. The van der Waals surface area contributed by atoms with Gasteiger partial charge in [-0.1, -0.05) is 13.0 Å².